The minimum atomic E-state index is -1.05. The zero-order valence-electron chi connectivity index (χ0n) is 15.9. The molecule has 0 saturated carbocycles. The van der Waals surface area contributed by atoms with Crippen LogP contribution in [0.25, 0.3) is 6.08 Å². The number of non-ortho nitro benzene ring substituents is 1. The summed E-state index contributed by atoms with van der Waals surface area (Å²) >= 11 is 0. The van der Waals surface area contributed by atoms with Crippen molar-refractivity contribution in [3.05, 3.63) is 68.5 Å². The highest BCUT2D eigenvalue weighted by Gasteiger charge is 2.25. The highest BCUT2D eigenvalue weighted by molar-refractivity contribution is 6.05. The van der Waals surface area contributed by atoms with Crippen LogP contribution in [0.15, 0.2) is 30.3 Å². The number of carbonyl (C=O) groups is 3. The van der Waals surface area contributed by atoms with E-state index in [1.54, 1.807) is 13.8 Å². The average molecular weight is 384 g/mol. The molecule has 0 spiro atoms. The minimum absolute atomic E-state index is 0.0551. The van der Waals surface area contributed by atoms with Crippen LogP contribution in [0, 0.1) is 24.0 Å². The predicted molar refractivity (Wildman–Crippen MR) is 102 cm³/mol. The van der Waals surface area contributed by atoms with Crippen molar-refractivity contribution in [1.29, 1.82) is 0 Å². The molecular weight excluding hydrogens is 364 g/mol. The number of nitrogens with one attached hydrogen (secondary N) is 1. The fourth-order valence-corrected chi connectivity index (χ4v) is 2.87. The lowest BCUT2D eigenvalue weighted by Gasteiger charge is -2.10. The minimum Gasteiger partial charge on any atom is -0.451 e. The number of benzene rings is 1. The zero-order chi connectivity index (χ0) is 21.0. The highest BCUT2D eigenvalue weighted by atomic mass is 16.6. The molecule has 0 saturated heterocycles. The van der Waals surface area contributed by atoms with E-state index >= 15 is 0 Å². The van der Waals surface area contributed by atoms with E-state index in [0.29, 0.717) is 22.4 Å². The van der Waals surface area contributed by atoms with Crippen LogP contribution in [-0.2, 0) is 9.53 Å². The lowest BCUT2D eigenvalue weighted by atomic mass is 10.0. The number of rotatable bonds is 7. The van der Waals surface area contributed by atoms with Crippen molar-refractivity contribution in [2.45, 2.75) is 33.8 Å². The quantitative estimate of drug-likeness (QED) is 0.256. The van der Waals surface area contributed by atoms with Crippen LogP contribution < -0.4 is 0 Å². The van der Waals surface area contributed by atoms with E-state index in [1.807, 2.05) is 0 Å². The van der Waals surface area contributed by atoms with Gasteiger partial charge in [0, 0.05) is 29.5 Å². The summed E-state index contributed by atoms with van der Waals surface area (Å²) in [6, 6.07) is 5.62. The SMILES string of the molecule is CC(=O)c1c(C)[nH]c(C(=O)[C@H](C)OC(=O)/C=C/c2ccc([N+](=O)[O-])cc2)c1C. The number of carbonyl (C=O) groups excluding carboxylic acids is 3. The van der Waals surface area contributed by atoms with Crippen LogP contribution in [0.5, 0.6) is 0 Å². The number of Topliss-reactive ketones (excluding diaryl/α,β-unsaturated/α-hetero) is 2. The zero-order valence-corrected chi connectivity index (χ0v) is 15.9. The van der Waals surface area contributed by atoms with E-state index in [4.69, 9.17) is 4.74 Å². The summed E-state index contributed by atoms with van der Waals surface area (Å²) in [6.45, 7) is 6.23. The Labute approximate surface area is 161 Å². The van der Waals surface area contributed by atoms with Crippen molar-refractivity contribution >= 4 is 29.3 Å². The molecule has 0 amide bonds. The second-order valence-electron chi connectivity index (χ2n) is 6.31. The van der Waals surface area contributed by atoms with E-state index in [9.17, 15) is 24.5 Å². The molecule has 146 valence electrons. The molecule has 1 aromatic heterocycles. The Morgan fingerprint density at radius 3 is 2.29 bits per heavy atom. The van der Waals surface area contributed by atoms with Crippen LogP contribution >= 0.6 is 0 Å². The number of ketones is 2. The fraction of sp³-hybridized carbons (Fsp3) is 0.250. The van der Waals surface area contributed by atoms with Crippen LogP contribution in [0.2, 0.25) is 0 Å². The first-order valence-corrected chi connectivity index (χ1v) is 8.49. The predicted octanol–water partition coefficient (Wildman–Crippen LogP) is 3.57. The summed E-state index contributed by atoms with van der Waals surface area (Å²) in [6.07, 6.45) is 1.52. The molecule has 28 heavy (non-hydrogen) atoms. The molecule has 2 rings (SSSR count). The number of nitrogens with zero attached hydrogens (tertiary/aromatic N) is 1. The van der Waals surface area contributed by atoms with Gasteiger partial charge in [-0.15, -0.1) is 0 Å². The first kappa shape index (κ1) is 20.8. The molecule has 0 aliphatic rings. The van der Waals surface area contributed by atoms with Gasteiger partial charge in [-0.3, -0.25) is 19.7 Å². The molecule has 8 heteroatoms. The molecule has 1 aromatic carbocycles. The van der Waals surface area contributed by atoms with E-state index < -0.39 is 22.8 Å². The first-order valence-electron chi connectivity index (χ1n) is 8.49. The molecule has 8 nitrogen and oxygen atoms in total. The molecule has 0 aliphatic heterocycles. The molecule has 0 radical (unpaired) electrons. The highest BCUT2D eigenvalue weighted by Crippen LogP contribution is 2.20. The number of esters is 1. The Hall–Kier alpha value is -3.55. The van der Waals surface area contributed by atoms with Gasteiger partial charge in [-0.05, 0) is 57.0 Å². The molecule has 1 heterocycles. The van der Waals surface area contributed by atoms with Crippen LogP contribution in [-0.4, -0.2) is 33.5 Å². The summed E-state index contributed by atoms with van der Waals surface area (Å²) < 4.78 is 5.13. The normalized spacial score (nSPS) is 12.0. The summed E-state index contributed by atoms with van der Waals surface area (Å²) in [4.78, 5) is 49.2. The second-order valence-corrected chi connectivity index (χ2v) is 6.31. The second kappa shape index (κ2) is 8.43. The van der Waals surface area contributed by atoms with Crippen LogP contribution in [0.3, 0.4) is 0 Å². The van der Waals surface area contributed by atoms with Crippen molar-refractivity contribution < 1.29 is 24.0 Å². The Kier molecular flexibility index (Phi) is 6.25. The molecule has 1 N–H and O–H groups in total. The van der Waals surface area contributed by atoms with Crippen molar-refractivity contribution in [1.82, 2.24) is 4.98 Å². The number of aromatic nitrogens is 1. The molecule has 0 aliphatic carbocycles. The van der Waals surface area contributed by atoms with Gasteiger partial charge in [0.2, 0.25) is 5.78 Å². The van der Waals surface area contributed by atoms with Gasteiger partial charge >= 0.3 is 5.97 Å². The Morgan fingerprint density at radius 1 is 1.18 bits per heavy atom. The number of nitro groups is 1. The summed E-state index contributed by atoms with van der Waals surface area (Å²) in [5, 5.41) is 10.6. The van der Waals surface area contributed by atoms with E-state index in [2.05, 4.69) is 4.98 Å². The van der Waals surface area contributed by atoms with Gasteiger partial charge in [0.1, 0.15) is 0 Å². The number of hydrogen-bond donors (Lipinski definition) is 1. The molecule has 0 bridgehead atoms. The summed E-state index contributed by atoms with van der Waals surface area (Å²) in [7, 11) is 0. The van der Waals surface area contributed by atoms with Crippen molar-refractivity contribution in [3.63, 3.8) is 0 Å². The Balaban J connectivity index is 2.05. The van der Waals surface area contributed by atoms with E-state index in [-0.39, 0.29) is 17.2 Å². The number of nitro benzene ring substituents is 1. The standard InChI is InChI=1S/C20H20N2O6/c1-11-18(13(3)23)12(2)21-19(11)20(25)14(4)28-17(24)10-7-15-5-8-16(9-6-15)22(26)27/h5-10,14,21H,1-4H3/b10-7+/t14-/m0/s1. The monoisotopic (exact) mass is 384 g/mol. The van der Waals surface area contributed by atoms with Gasteiger partial charge in [0.05, 0.1) is 10.6 Å². The molecule has 0 fully saturated rings. The topological polar surface area (TPSA) is 119 Å². The van der Waals surface area contributed by atoms with E-state index in [1.165, 1.54) is 44.2 Å². The maximum atomic E-state index is 12.6. The van der Waals surface area contributed by atoms with Gasteiger partial charge in [0.15, 0.2) is 11.9 Å². The van der Waals surface area contributed by atoms with Gasteiger partial charge in [-0.25, -0.2) is 4.79 Å². The third-order valence-corrected chi connectivity index (χ3v) is 4.21. The average Bonchev–Trinajstić information content (AvgIpc) is 2.93. The van der Waals surface area contributed by atoms with Crippen molar-refractivity contribution in [3.8, 4) is 0 Å². The van der Waals surface area contributed by atoms with Gasteiger partial charge < -0.3 is 9.72 Å². The Bertz CT molecular complexity index is 969. The number of hydrogen-bond acceptors (Lipinski definition) is 6. The summed E-state index contributed by atoms with van der Waals surface area (Å²) in [5.74, 6) is -1.32. The van der Waals surface area contributed by atoms with Gasteiger partial charge in [-0.2, -0.15) is 0 Å². The molecule has 1 atom stereocenters. The third kappa shape index (κ3) is 4.59. The number of aryl methyl sites for hydroxylation is 1. The van der Waals surface area contributed by atoms with Gasteiger partial charge in [-0.1, -0.05) is 0 Å². The van der Waals surface area contributed by atoms with Crippen molar-refractivity contribution in [2.75, 3.05) is 0 Å². The van der Waals surface area contributed by atoms with Crippen LogP contribution in [0.1, 0.15) is 51.5 Å². The number of H-pyrrole nitrogens is 1. The maximum absolute atomic E-state index is 12.6. The number of ether oxygens (including phenoxy) is 1. The fourth-order valence-electron chi connectivity index (χ4n) is 2.87. The molecular formula is C20H20N2O6. The molecule has 0 unspecified atom stereocenters. The lowest BCUT2D eigenvalue weighted by molar-refractivity contribution is -0.384. The molecule has 2 aromatic rings. The first-order chi connectivity index (χ1) is 13.1. The smallest absolute Gasteiger partial charge is 0.331 e. The van der Waals surface area contributed by atoms with Gasteiger partial charge in [0.25, 0.3) is 5.69 Å². The maximum Gasteiger partial charge on any atom is 0.331 e. The number of aromatic amines is 1. The van der Waals surface area contributed by atoms with Crippen molar-refractivity contribution in [2.24, 2.45) is 0 Å². The van der Waals surface area contributed by atoms with E-state index in [0.717, 1.165) is 6.08 Å². The van der Waals surface area contributed by atoms with Crippen LogP contribution in [0.4, 0.5) is 5.69 Å². The lowest BCUT2D eigenvalue weighted by Crippen LogP contribution is -2.24. The Morgan fingerprint density at radius 2 is 1.79 bits per heavy atom. The largest absolute Gasteiger partial charge is 0.451 e. The summed E-state index contributed by atoms with van der Waals surface area (Å²) in [5.41, 5.74) is 2.33. The third-order valence-electron chi connectivity index (χ3n) is 4.21.